The lowest BCUT2D eigenvalue weighted by atomic mass is 10.1. The topological polar surface area (TPSA) is 140 Å². The monoisotopic (exact) mass is 453 g/mol. The molecule has 4 aromatic rings. The molecule has 0 fully saturated rings. The van der Waals surface area contributed by atoms with E-state index in [1.165, 1.54) is 12.3 Å². The molecule has 32 heavy (non-hydrogen) atoms. The number of benzene rings is 2. The SMILES string of the molecule is Cc1noc(CNC(=O)c2ccc(C)c(S(=O)(=O)Nc3ccc(-c4ccno4)cc3)c2)n1. The molecule has 2 N–H and O–H groups in total. The average molecular weight is 453 g/mol. The fourth-order valence-electron chi connectivity index (χ4n) is 2.98. The van der Waals surface area contributed by atoms with Gasteiger partial charge in [-0.1, -0.05) is 16.4 Å². The van der Waals surface area contributed by atoms with Crippen molar-refractivity contribution in [3.05, 3.63) is 77.6 Å². The molecule has 0 atom stereocenters. The molecule has 2 aromatic carbocycles. The van der Waals surface area contributed by atoms with Crippen LogP contribution >= 0.6 is 0 Å². The predicted octanol–water partition coefficient (Wildman–Crippen LogP) is 3.07. The van der Waals surface area contributed by atoms with Crippen molar-refractivity contribution >= 4 is 21.6 Å². The quantitative estimate of drug-likeness (QED) is 0.435. The Morgan fingerprint density at radius 3 is 2.47 bits per heavy atom. The second kappa shape index (κ2) is 8.63. The van der Waals surface area contributed by atoms with Crippen LogP contribution in [0.4, 0.5) is 5.69 Å². The normalized spacial score (nSPS) is 11.3. The molecule has 0 saturated heterocycles. The Hall–Kier alpha value is -3.99. The van der Waals surface area contributed by atoms with Crippen LogP contribution in [-0.2, 0) is 16.6 Å². The van der Waals surface area contributed by atoms with Crippen LogP contribution in [0.3, 0.4) is 0 Å². The molecule has 0 radical (unpaired) electrons. The molecule has 0 unspecified atom stereocenters. The van der Waals surface area contributed by atoms with Crippen LogP contribution in [0.25, 0.3) is 11.3 Å². The lowest BCUT2D eigenvalue weighted by Crippen LogP contribution is -2.24. The van der Waals surface area contributed by atoms with Crippen molar-refractivity contribution in [2.75, 3.05) is 4.72 Å². The van der Waals surface area contributed by atoms with E-state index in [2.05, 4.69) is 25.3 Å². The molecular weight excluding hydrogens is 434 g/mol. The summed E-state index contributed by atoms with van der Waals surface area (Å²) >= 11 is 0. The number of hydrogen-bond donors (Lipinski definition) is 2. The first-order valence-electron chi connectivity index (χ1n) is 9.54. The Morgan fingerprint density at radius 2 is 1.81 bits per heavy atom. The van der Waals surface area contributed by atoms with E-state index in [0.717, 1.165) is 5.56 Å². The number of sulfonamides is 1. The molecule has 0 aliphatic carbocycles. The van der Waals surface area contributed by atoms with E-state index in [1.807, 2.05) is 0 Å². The zero-order valence-corrected chi connectivity index (χ0v) is 18.0. The van der Waals surface area contributed by atoms with Gasteiger partial charge in [0.25, 0.3) is 15.9 Å². The van der Waals surface area contributed by atoms with Crippen molar-refractivity contribution in [2.45, 2.75) is 25.3 Å². The van der Waals surface area contributed by atoms with Crippen molar-refractivity contribution in [3.8, 4) is 11.3 Å². The molecule has 1 amide bonds. The van der Waals surface area contributed by atoms with E-state index in [4.69, 9.17) is 9.05 Å². The van der Waals surface area contributed by atoms with E-state index >= 15 is 0 Å². The summed E-state index contributed by atoms with van der Waals surface area (Å²) in [5, 5.41) is 9.94. The van der Waals surface area contributed by atoms with Crippen molar-refractivity contribution in [1.29, 1.82) is 0 Å². The molecule has 0 saturated carbocycles. The molecule has 2 aromatic heterocycles. The first-order valence-corrected chi connectivity index (χ1v) is 11.0. The van der Waals surface area contributed by atoms with Crippen LogP contribution in [0.15, 0.2) is 68.7 Å². The number of aromatic nitrogens is 3. The number of rotatable bonds is 7. The summed E-state index contributed by atoms with van der Waals surface area (Å²) in [6.07, 6.45) is 1.53. The largest absolute Gasteiger partial charge is 0.356 e. The molecule has 10 nitrogen and oxygen atoms in total. The van der Waals surface area contributed by atoms with Gasteiger partial charge in [0.15, 0.2) is 11.6 Å². The standard InChI is InChI=1S/C21H19N5O5S/c1-13-3-4-16(21(27)22-12-20-24-14(2)25-31-20)11-19(13)32(28,29)26-17-7-5-15(6-8-17)18-9-10-23-30-18/h3-11,26H,12H2,1-2H3,(H,22,27). The van der Waals surface area contributed by atoms with E-state index < -0.39 is 15.9 Å². The van der Waals surface area contributed by atoms with Gasteiger partial charge in [0, 0.05) is 22.9 Å². The number of carbonyl (C=O) groups excluding carboxylic acids is 1. The van der Waals surface area contributed by atoms with Crippen LogP contribution in [0.5, 0.6) is 0 Å². The lowest BCUT2D eigenvalue weighted by Gasteiger charge is -2.12. The summed E-state index contributed by atoms with van der Waals surface area (Å²) in [7, 11) is -3.94. The Labute approximate surface area is 183 Å². The highest BCUT2D eigenvalue weighted by molar-refractivity contribution is 7.92. The highest BCUT2D eigenvalue weighted by Crippen LogP contribution is 2.24. The fourth-order valence-corrected chi connectivity index (χ4v) is 4.31. The third-order valence-electron chi connectivity index (χ3n) is 4.57. The minimum Gasteiger partial charge on any atom is -0.356 e. The molecule has 0 spiro atoms. The number of aryl methyl sites for hydroxylation is 2. The molecule has 0 bridgehead atoms. The molecule has 11 heteroatoms. The number of nitrogens with zero attached hydrogens (tertiary/aromatic N) is 3. The van der Waals surface area contributed by atoms with Gasteiger partial charge in [-0.05, 0) is 55.8 Å². The fraction of sp³-hybridized carbons (Fsp3) is 0.143. The number of hydrogen-bond acceptors (Lipinski definition) is 8. The smallest absolute Gasteiger partial charge is 0.262 e. The highest BCUT2D eigenvalue weighted by Gasteiger charge is 2.20. The maximum atomic E-state index is 13.0. The van der Waals surface area contributed by atoms with Crippen molar-refractivity contribution in [3.63, 3.8) is 0 Å². The van der Waals surface area contributed by atoms with E-state index in [1.54, 1.807) is 56.3 Å². The van der Waals surface area contributed by atoms with Crippen molar-refractivity contribution < 1.29 is 22.3 Å². The average Bonchev–Trinajstić information content (AvgIpc) is 3.44. The summed E-state index contributed by atoms with van der Waals surface area (Å²) in [5.41, 5.74) is 1.82. The third kappa shape index (κ3) is 4.67. The van der Waals surface area contributed by atoms with Gasteiger partial charge in [0.05, 0.1) is 17.6 Å². The van der Waals surface area contributed by atoms with E-state index in [-0.39, 0.29) is 22.9 Å². The molecular formula is C21H19N5O5S. The number of amides is 1. The Morgan fingerprint density at radius 1 is 1.03 bits per heavy atom. The lowest BCUT2D eigenvalue weighted by molar-refractivity contribution is 0.0946. The molecule has 2 heterocycles. The maximum absolute atomic E-state index is 13.0. The summed E-state index contributed by atoms with van der Waals surface area (Å²) in [6, 6.07) is 12.8. The summed E-state index contributed by atoms with van der Waals surface area (Å²) in [5.74, 6) is 0.822. The second-order valence-corrected chi connectivity index (χ2v) is 8.61. The van der Waals surface area contributed by atoms with Crippen molar-refractivity contribution in [1.82, 2.24) is 20.6 Å². The Balaban J connectivity index is 1.50. The van der Waals surface area contributed by atoms with Gasteiger partial charge in [-0.15, -0.1) is 0 Å². The maximum Gasteiger partial charge on any atom is 0.262 e. The highest BCUT2D eigenvalue weighted by atomic mass is 32.2. The van der Waals surface area contributed by atoms with Gasteiger partial charge in [-0.25, -0.2) is 8.42 Å². The first kappa shape index (κ1) is 21.2. The van der Waals surface area contributed by atoms with Crippen LogP contribution in [0.1, 0.15) is 27.6 Å². The minimum atomic E-state index is -3.94. The minimum absolute atomic E-state index is 0.00176. The van der Waals surface area contributed by atoms with Crippen LogP contribution in [0.2, 0.25) is 0 Å². The molecule has 0 aliphatic rings. The van der Waals surface area contributed by atoms with Gasteiger partial charge >= 0.3 is 0 Å². The number of anilines is 1. The van der Waals surface area contributed by atoms with Crippen LogP contribution in [-0.4, -0.2) is 29.6 Å². The van der Waals surface area contributed by atoms with Crippen LogP contribution < -0.4 is 10.0 Å². The predicted molar refractivity (Wildman–Crippen MR) is 114 cm³/mol. The first-order chi connectivity index (χ1) is 15.3. The van der Waals surface area contributed by atoms with Gasteiger partial charge in [-0.2, -0.15) is 4.98 Å². The summed E-state index contributed by atoms with van der Waals surface area (Å²) in [6.45, 7) is 3.36. The Bertz CT molecular complexity index is 1350. The Kier molecular flexibility index (Phi) is 5.73. The summed E-state index contributed by atoms with van der Waals surface area (Å²) < 4.78 is 38.6. The zero-order chi connectivity index (χ0) is 22.7. The van der Waals surface area contributed by atoms with Gasteiger partial charge in [-0.3, -0.25) is 9.52 Å². The van der Waals surface area contributed by atoms with E-state index in [9.17, 15) is 13.2 Å². The van der Waals surface area contributed by atoms with E-state index in [0.29, 0.717) is 22.8 Å². The van der Waals surface area contributed by atoms with Gasteiger partial charge in [0.2, 0.25) is 5.89 Å². The third-order valence-corrected chi connectivity index (χ3v) is 6.09. The van der Waals surface area contributed by atoms with Gasteiger partial charge < -0.3 is 14.4 Å². The molecule has 164 valence electrons. The molecule has 0 aliphatic heterocycles. The zero-order valence-electron chi connectivity index (χ0n) is 17.2. The number of nitrogens with one attached hydrogen (secondary N) is 2. The van der Waals surface area contributed by atoms with Crippen molar-refractivity contribution in [2.24, 2.45) is 0 Å². The van der Waals surface area contributed by atoms with Crippen LogP contribution in [0, 0.1) is 13.8 Å². The number of carbonyl (C=O) groups is 1. The van der Waals surface area contributed by atoms with Gasteiger partial charge in [0.1, 0.15) is 0 Å². The summed E-state index contributed by atoms with van der Waals surface area (Å²) in [4.78, 5) is 16.5. The second-order valence-electron chi connectivity index (χ2n) is 6.96. The molecule has 4 rings (SSSR count).